The van der Waals surface area contributed by atoms with Crippen LogP contribution in [0.5, 0.6) is 0 Å². The zero-order valence-electron chi connectivity index (χ0n) is 8.35. The number of aromatic nitrogens is 2. The number of hydrogen-bond acceptors (Lipinski definition) is 5. The standard InChI is InChI=1S/C9H14N4O2/c10-3-5-15-7-9(14)11-6-8-2-1-4-12-13-8/h1-2,4H,3,5-7,10H2,(H,11,14). The van der Waals surface area contributed by atoms with Crippen molar-refractivity contribution < 1.29 is 9.53 Å². The summed E-state index contributed by atoms with van der Waals surface area (Å²) in [5.41, 5.74) is 5.92. The Morgan fingerprint density at radius 3 is 3.13 bits per heavy atom. The largest absolute Gasteiger partial charge is 0.370 e. The minimum atomic E-state index is -0.186. The van der Waals surface area contributed by atoms with E-state index in [4.69, 9.17) is 10.5 Å². The third-order valence-electron chi connectivity index (χ3n) is 1.59. The van der Waals surface area contributed by atoms with Gasteiger partial charge in [0.15, 0.2) is 0 Å². The molecule has 1 rings (SSSR count). The molecule has 0 fully saturated rings. The van der Waals surface area contributed by atoms with Crippen LogP contribution < -0.4 is 11.1 Å². The van der Waals surface area contributed by atoms with Gasteiger partial charge in [-0.05, 0) is 12.1 Å². The quantitative estimate of drug-likeness (QED) is 0.592. The minimum absolute atomic E-state index is 0.0253. The molecular formula is C9H14N4O2. The summed E-state index contributed by atoms with van der Waals surface area (Å²) in [4.78, 5) is 11.2. The molecule has 0 aliphatic rings. The highest BCUT2D eigenvalue weighted by Crippen LogP contribution is 1.89. The van der Waals surface area contributed by atoms with Crippen LogP contribution in [-0.2, 0) is 16.1 Å². The van der Waals surface area contributed by atoms with Crippen molar-refractivity contribution in [1.82, 2.24) is 15.5 Å². The van der Waals surface area contributed by atoms with Gasteiger partial charge in [-0.25, -0.2) is 0 Å². The van der Waals surface area contributed by atoms with E-state index in [1.54, 1.807) is 18.3 Å². The second-order valence-electron chi connectivity index (χ2n) is 2.83. The Kier molecular flexibility index (Phi) is 5.28. The SMILES string of the molecule is NCCOCC(=O)NCc1cccnn1. The first-order valence-electron chi connectivity index (χ1n) is 4.64. The summed E-state index contributed by atoms with van der Waals surface area (Å²) in [7, 11) is 0. The fourth-order valence-corrected chi connectivity index (χ4v) is 0.916. The molecule has 82 valence electrons. The summed E-state index contributed by atoms with van der Waals surface area (Å²) in [5, 5.41) is 10.2. The number of nitrogens with one attached hydrogen (secondary N) is 1. The monoisotopic (exact) mass is 210 g/mol. The van der Waals surface area contributed by atoms with Crippen molar-refractivity contribution in [3.05, 3.63) is 24.0 Å². The molecule has 6 nitrogen and oxygen atoms in total. The predicted molar refractivity (Wildman–Crippen MR) is 53.8 cm³/mol. The summed E-state index contributed by atoms with van der Waals surface area (Å²) in [6.45, 7) is 1.19. The van der Waals surface area contributed by atoms with E-state index in [0.717, 1.165) is 0 Å². The Labute approximate surface area is 87.8 Å². The lowest BCUT2D eigenvalue weighted by Crippen LogP contribution is -2.28. The summed E-state index contributed by atoms with van der Waals surface area (Å²) in [6.07, 6.45) is 1.58. The zero-order valence-corrected chi connectivity index (χ0v) is 8.35. The molecular weight excluding hydrogens is 196 g/mol. The molecule has 0 aliphatic heterocycles. The first-order chi connectivity index (χ1) is 7.33. The summed E-state index contributed by atoms with van der Waals surface area (Å²) in [5.74, 6) is -0.186. The Hall–Kier alpha value is -1.53. The Bertz CT molecular complexity index is 291. The van der Waals surface area contributed by atoms with Crippen molar-refractivity contribution in [3.63, 3.8) is 0 Å². The van der Waals surface area contributed by atoms with Gasteiger partial charge in [-0.1, -0.05) is 0 Å². The highest BCUT2D eigenvalue weighted by Gasteiger charge is 2.01. The van der Waals surface area contributed by atoms with Crippen molar-refractivity contribution in [2.24, 2.45) is 5.73 Å². The molecule has 0 bridgehead atoms. The molecule has 0 saturated heterocycles. The normalized spacial score (nSPS) is 9.93. The number of carbonyl (C=O) groups is 1. The van der Waals surface area contributed by atoms with Crippen molar-refractivity contribution in [1.29, 1.82) is 0 Å². The topological polar surface area (TPSA) is 90.1 Å². The van der Waals surface area contributed by atoms with E-state index in [1.807, 2.05) is 0 Å². The summed E-state index contributed by atoms with van der Waals surface area (Å²) < 4.78 is 4.96. The lowest BCUT2D eigenvalue weighted by molar-refractivity contribution is -0.125. The van der Waals surface area contributed by atoms with E-state index >= 15 is 0 Å². The van der Waals surface area contributed by atoms with E-state index in [-0.39, 0.29) is 12.5 Å². The van der Waals surface area contributed by atoms with Crippen LogP contribution in [0.3, 0.4) is 0 Å². The number of amides is 1. The predicted octanol–water partition coefficient (Wildman–Crippen LogP) is -0.932. The average molecular weight is 210 g/mol. The van der Waals surface area contributed by atoms with Crippen molar-refractivity contribution >= 4 is 5.91 Å². The molecule has 1 aromatic rings. The Morgan fingerprint density at radius 1 is 1.60 bits per heavy atom. The smallest absolute Gasteiger partial charge is 0.246 e. The van der Waals surface area contributed by atoms with E-state index in [9.17, 15) is 4.79 Å². The van der Waals surface area contributed by atoms with Crippen LogP contribution in [0.2, 0.25) is 0 Å². The van der Waals surface area contributed by atoms with Crippen molar-refractivity contribution in [2.45, 2.75) is 6.54 Å². The van der Waals surface area contributed by atoms with Crippen LogP contribution in [0, 0.1) is 0 Å². The third-order valence-corrected chi connectivity index (χ3v) is 1.59. The summed E-state index contributed by atoms with van der Waals surface area (Å²) in [6, 6.07) is 3.55. The lowest BCUT2D eigenvalue weighted by Gasteiger charge is -2.04. The van der Waals surface area contributed by atoms with Crippen LogP contribution in [-0.4, -0.2) is 35.9 Å². The van der Waals surface area contributed by atoms with Gasteiger partial charge in [0.2, 0.25) is 5.91 Å². The molecule has 0 radical (unpaired) electrons. The fraction of sp³-hybridized carbons (Fsp3) is 0.444. The second-order valence-corrected chi connectivity index (χ2v) is 2.83. The van der Waals surface area contributed by atoms with E-state index in [0.29, 0.717) is 25.4 Å². The molecule has 1 aromatic heterocycles. The van der Waals surface area contributed by atoms with E-state index in [2.05, 4.69) is 15.5 Å². The van der Waals surface area contributed by atoms with Gasteiger partial charge >= 0.3 is 0 Å². The lowest BCUT2D eigenvalue weighted by atomic mass is 10.4. The number of nitrogens with two attached hydrogens (primary N) is 1. The van der Waals surface area contributed by atoms with Gasteiger partial charge in [-0.2, -0.15) is 10.2 Å². The molecule has 3 N–H and O–H groups in total. The number of ether oxygens (including phenoxy) is 1. The first kappa shape index (κ1) is 11.5. The maximum absolute atomic E-state index is 11.2. The zero-order chi connectivity index (χ0) is 10.9. The number of hydrogen-bond donors (Lipinski definition) is 2. The molecule has 1 amide bonds. The maximum atomic E-state index is 11.2. The van der Waals surface area contributed by atoms with Gasteiger partial charge in [-0.15, -0.1) is 0 Å². The van der Waals surface area contributed by atoms with Crippen molar-refractivity contribution in [2.75, 3.05) is 19.8 Å². The molecule has 0 aliphatic carbocycles. The van der Waals surface area contributed by atoms with E-state index < -0.39 is 0 Å². The molecule has 6 heteroatoms. The van der Waals surface area contributed by atoms with E-state index in [1.165, 1.54) is 0 Å². The highest BCUT2D eigenvalue weighted by molar-refractivity contribution is 5.77. The van der Waals surface area contributed by atoms with Crippen LogP contribution >= 0.6 is 0 Å². The van der Waals surface area contributed by atoms with Crippen LogP contribution in [0.15, 0.2) is 18.3 Å². The number of rotatable bonds is 6. The van der Waals surface area contributed by atoms with Gasteiger partial charge in [0.05, 0.1) is 18.8 Å². The Balaban J connectivity index is 2.17. The molecule has 15 heavy (non-hydrogen) atoms. The average Bonchev–Trinajstić information content (AvgIpc) is 2.28. The molecule has 0 unspecified atom stereocenters. The van der Waals surface area contributed by atoms with Crippen LogP contribution in [0.1, 0.15) is 5.69 Å². The third kappa shape index (κ3) is 5.04. The van der Waals surface area contributed by atoms with Crippen LogP contribution in [0.25, 0.3) is 0 Å². The van der Waals surface area contributed by atoms with Gasteiger partial charge < -0.3 is 15.8 Å². The maximum Gasteiger partial charge on any atom is 0.246 e. The molecule has 0 saturated carbocycles. The first-order valence-corrected chi connectivity index (χ1v) is 4.64. The summed E-state index contributed by atoms with van der Waals surface area (Å²) >= 11 is 0. The van der Waals surface area contributed by atoms with Gasteiger partial charge in [-0.3, -0.25) is 4.79 Å². The molecule has 0 spiro atoms. The van der Waals surface area contributed by atoms with Crippen molar-refractivity contribution in [3.8, 4) is 0 Å². The molecule has 0 aromatic carbocycles. The number of carbonyl (C=O) groups excluding carboxylic acids is 1. The van der Waals surface area contributed by atoms with Gasteiger partial charge in [0.1, 0.15) is 6.61 Å². The fourth-order valence-electron chi connectivity index (χ4n) is 0.916. The Morgan fingerprint density at radius 2 is 2.47 bits per heavy atom. The highest BCUT2D eigenvalue weighted by atomic mass is 16.5. The van der Waals surface area contributed by atoms with Crippen LogP contribution in [0.4, 0.5) is 0 Å². The number of nitrogens with zero attached hydrogens (tertiary/aromatic N) is 2. The van der Waals surface area contributed by atoms with Gasteiger partial charge in [0, 0.05) is 12.7 Å². The van der Waals surface area contributed by atoms with Gasteiger partial charge in [0.25, 0.3) is 0 Å². The molecule has 0 atom stereocenters. The minimum Gasteiger partial charge on any atom is -0.370 e. The second kappa shape index (κ2) is 6.86. The molecule has 1 heterocycles.